The van der Waals surface area contributed by atoms with Crippen molar-refractivity contribution in [3.8, 4) is 5.75 Å². The molecule has 2 aliphatic rings. The van der Waals surface area contributed by atoms with Gasteiger partial charge < -0.3 is 19.6 Å². The lowest BCUT2D eigenvalue weighted by molar-refractivity contribution is -0.140. The first-order valence-corrected chi connectivity index (χ1v) is 10.6. The molecule has 7 nitrogen and oxygen atoms in total. The van der Waals surface area contributed by atoms with Crippen molar-refractivity contribution in [2.24, 2.45) is 0 Å². The minimum atomic E-state index is -0.712. The number of Topliss-reactive ketones (excluding diaryl/α,β-unsaturated/α-hetero) is 1. The largest absolute Gasteiger partial charge is 0.507 e. The van der Waals surface area contributed by atoms with Crippen LogP contribution in [0.5, 0.6) is 5.75 Å². The number of aliphatic hydroxyl groups is 1. The molecule has 1 amide bonds. The summed E-state index contributed by atoms with van der Waals surface area (Å²) in [7, 11) is 3.92. The molecule has 1 N–H and O–H groups in total. The number of nitrogens with zero attached hydrogens (tertiary/aromatic N) is 3. The third kappa shape index (κ3) is 4.18. The van der Waals surface area contributed by atoms with Crippen LogP contribution in [0.4, 0.5) is 0 Å². The van der Waals surface area contributed by atoms with Gasteiger partial charge in [0.25, 0.3) is 11.7 Å². The van der Waals surface area contributed by atoms with Crippen LogP contribution in [0.15, 0.2) is 48.2 Å². The maximum absolute atomic E-state index is 13.0. The van der Waals surface area contributed by atoms with E-state index < -0.39 is 17.7 Å². The summed E-state index contributed by atoms with van der Waals surface area (Å²) in [6, 6.07) is 10.1. The summed E-state index contributed by atoms with van der Waals surface area (Å²) >= 11 is 0. The first-order valence-electron chi connectivity index (χ1n) is 10.6. The van der Waals surface area contributed by atoms with E-state index in [1.54, 1.807) is 24.4 Å². The molecule has 31 heavy (non-hydrogen) atoms. The number of pyridine rings is 1. The molecule has 4 rings (SSSR count). The lowest BCUT2D eigenvalue weighted by atomic mass is 9.96. The lowest BCUT2D eigenvalue weighted by Crippen LogP contribution is -2.32. The van der Waals surface area contributed by atoms with Gasteiger partial charge in [-0.2, -0.15) is 0 Å². The molecule has 1 atom stereocenters. The highest BCUT2D eigenvalue weighted by atomic mass is 16.5. The molecule has 162 valence electrons. The van der Waals surface area contributed by atoms with Crippen molar-refractivity contribution >= 4 is 17.4 Å². The standard InChI is InChI=1S/C24H27N3O4/c1-26(2)12-6-13-27-21(18-8-3-4-11-25-18)20(23(29)24(27)30)22(28)17-9-10-19-16(15-17)7-5-14-31-19/h3-4,8-11,15,21,28H,5-7,12-14H2,1-2H3/b22-20-. The molecule has 2 aromatic rings. The van der Waals surface area contributed by atoms with Crippen LogP contribution in [-0.4, -0.2) is 65.4 Å². The van der Waals surface area contributed by atoms with Gasteiger partial charge in [-0.1, -0.05) is 6.07 Å². The first kappa shape index (κ1) is 21.1. The van der Waals surface area contributed by atoms with E-state index >= 15 is 0 Å². The van der Waals surface area contributed by atoms with Crippen LogP contribution < -0.4 is 4.74 Å². The molecule has 7 heteroatoms. The molecule has 1 saturated heterocycles. The lowest BCUT2D eigenvalue weighted by Gasteiger charge is -2.25. The number of aryl methyl sites for hydroxylation is 1. The van der Waals surface area contributed by atoms with Gasteiger partial charge >= 0.3 is 0 Å². The van der Waals surface area contributed by atoms with E-state index in [-0.39, 0.29) is 11.3 Å². The Kier molecular flexibility index (Phi) is 6.04. The summed E-state index contributed by atoms with van der Waals surface area (Å²) in [5, 5.41) is 11.2. The molecule has 0 bridgehead atoms. The van der Waals surface area contributed by atoms with E-state index in [2.05, 4.69) is 4.98 Å². The third-order valence-corrected chi connectivity index (χ3v) is 5.69. The van der Waals surface area contributed by atoms with E-state index in [9.17, 15) is 14.7 Å². The quantitative estimate of drug-likeness (QED) is 0.439. The fraction of sp³-hybridized carbons (Fsp3) is 0.375. The second kappa shape index (κ2) is 8.89. The van der Waals surface area contributed by atoms with E-state index in [0.717, 1.165) is 30.7 Å². The van der Waals surface area contributed by atoms with E-state index in [0.29, 0.717) is 30.8 Å². The summed E-state index contributed by atoms with van der Waals surface area (Å²) in [6.45, 7) is 1.86. The number of amides is 1. The Morgan fingerprint density at radius 1 is 1.26 bits per heavy atom. The number of likely N-dealkylation sites (tertiary alicyclic amines) is 1. The highest BCUT2D eigenvalue weighted by Gasteiger charge is 2.46. The predicted octanol–water partition coefficient (Wildman–Crippen LogP) is 2.78. The predicted molar refractivity (Wildman–Crippen MR) is 117 cm³/mol. The normalized spacial score (nSPS) is 20.1. The summed E-state index contributed by atoms with van der Waals surface area (Å²) < 4.78 is 5.65. The Morgan fingerprint density at radius 3 is 2.84 bits per heavy atom. The highest BCUT2D eigenvalue weighted by molar-refractivity contribution is 6.46. The molecule has 1 aromatic heterocycles. The first-order chi connectivity index (χ1) is 15.0. The summed E-state index contributed by atoms with van der Waals surface area (Å²) in [5.74, 6) is -0.644. The molecular weight excluding hydrogens is 394 g/mol. The number of fused-ring (bicyclic) bond motifs is 1. The number of benzene rings is 1. The average Bonchev–Trinajstić information content (AvgIpc) is 3.03. The summed E-state index contributed by atoms with van der Waals surface area (Å²) in [6.07, 6.45) is 4.09. The van der Waals surface area contributed by atoms with Crippen molar-refractivity contribution in [3.63, 3.8) is 0 Å². The smallest absolute Gasteiger partial charge is 0.295 e. The minimum absolute atomic E-state index is 0.0882. The Balaban J connectivity index is 1.76. The third-order valence-electron chi connectivity index (χ3n) is 5.69. The number of aliphatic hydroxyl groups excluding tert-OH is 1. The van der Waals surface area contributed by atoms with Gasteiger partial charge in [-0.3, -0.25) is 14.6 Å². The van der Waals surface area contributed by atoms with Crippen molar-refractivity contribution in [1.29, 1.82) is 0 Å². The van der Waals surface area contributed by atoms with Gasteiger partial charge in [-0.05, 0) is 75.8 Å². The molecule has 0 aliphatic carbocycles. The number of hydrogen-bond acceptors (Lipinski definition) is 6. The van der Waals surface area contributed by atoms with Crippen molar-refractivity contribution in [1.82, 2.24) is 14.8 Å². The zero-order chi connectivity index (χ0) is 22.0. The molecular formula is C24H27N3O4. The van der Waals surface area contributed by atoms with Gasteiger partial charge in [-0.25, -0.2) is 0 Å². The number of carbonyl (C=O) groups excluding carboxylic acids is 2. The van der Waals surface area contributed by atoms with Gasteiger partial charge in [0.15, 0.2) is 0 Å². The van der Waals surface area contributed by atoms with Crippen LogP contribution >= 0.6 is 0 Å². The van der Waals surface area contributed by atoms with Gasteiger partial charge in [-0.15, -0.1) is 0 Å². The fourth-order valence-electron chi connectivity index (χ4n) is 4.18. The van der Waals surface area contributed by atoms with Gasteiger partial charge in [0.05, 0.1) is 17.9 Å². The van der Waals surface area contributed by atoms with Crippen molar-refractivity contribution < 1.29 is 19.4 Å². The average molecular weight is 421 g/mol. The van der Waals surface area contributed by atoms with E-state index in [4.69, 9.17) is 4.74 Å². The monoisotopic (exact) mass is 421 g/mol. The number of ether oxygens (including phenoxy) is 1. The van der Waals surface area contributed by atoms with Crippen molar-refractivity contribution in [2.75, 3.05) is 33.8 Å². The van der Waals surface area contributed by atoms with Gasteiger partial charge in [0.1, 0.15) is 17.6 Å². The Labute approximate surface area is 182 Å². The van der Waals surface area contributed by atoms with Crippen LogP contribution in [0.25, 0.3) is 5.76 Å². The highest BCUT2D eigenvalue weighted by Crippen LogP contribution is 2.39. The van der Waals surface area contributed by atoms with Crippen LogP contribution in [0.2, 0.25) is 0 Å². The Hall–Kier alpha value is -3.19. The molecule has 1 unspecified atom stereocenters. The van der Waals surface area contributed by atoms with Crippen LogP contribution in [-0.2, 0) is 16.0 Å². The number of ketones is 1. The zero-order valence-corrected chi connectivity index (χ0v) is 17.9. The molecule has 0 radical (unpaired) electrons. The number of carbonyl (C=O) groups is 2. The Bertz CT molecular complexity index is 1020. The second-order valence-electron chi connectivity index (χ2n) is 8.18. The SMILES string of the molecule is CN(C)CCCN1C(=O)C(=O)/C(=C(\O)c2ccc3c(c2)CCCO3)C1c1ccccn1. The van der Waals surface area contributed by atoms with E-state index in [1.165, 1.54) is 4.90 Å². The minimum Gasteiger partial charge on any atom is -0.507 e. The molecule has 0 spiro atoms. The van der Waals surface area contributed by atoms with Gasteiger partial charge in [0.2, 0.25) is 0 Å². The van der Waals surface area contributed by atoms with Crippen molar-refractivity contribution in [3.05, 3.63) is 65.0 Å². The van der Waals surface area contributed by atoms with Crippen LogP contribution in [0.1, 0.15) is 35.7 Å². The maximum Gasteiger partial charge on any atom is 0.295 e. The van der Waals surface area contributed by atoms with Gasteiger partial charge in [0, 0.05) is 18.3 Å². The topological polar surface area (TPSA) is 83.0 Å². The van der Waals surface area contributed by atoms with E-state index in [1.807, 2.05) is 37.2 Å². The molecule has 0 saturated carbocycles. The Morgan fingerprint density at radius 2 is 2.10 bits per heavy atom. The molecule has 3 heterocycles. The second-order valence-corrected chi connectivity index (χ2v) is 8.18. The number of aromatic nitrogens is 1. The van der Waals surface area contributed by atoms with Crippen LogP contribution in [0, 0.1) is 0 Å². The molecule has 1 fully saturated rings. The maximum atomic E-state index is 13.0. The number of hydrogen-bond donors (Lipinski definition) is 1. The summed E-state index contributed by atoms with van der Waals surface area (Å²) in [4.78, 5) is 33.9. The summed E-state index contributed by atoms with van der Waals surface area (Å²) in [5.41, 5.74) is 2.15. The van der Waals surface area contributed by atoms with Crippen LogP contribution in [0.3, 0.4) is 0 Å². The zero-order valence-electron chi connectivity index (χ0n) is 17.9. The van der Waals surface area contributed by atoms with Crippen molar-refractivity contribution in [2.45, 2.75) is 25.3 Å². The fourth-order valence-corrected chi connectivity index (χ4v) is 4.18. The molecule has 2 aliphatic heterocycles. The number of rotatable bonds is 6. The molecule has 1 aromatic carbocycles.